The second kappa shape index (κ2) is 7.34. The molecule has 108 valence electrons. The monoisotopic (exact) mass is 352 g/mol. The smallest absolute Gasteiger partial charge is 0.123 e. The molecule has 2 nitrogen and oxygen atoms in total. The van der Waals surface area contributed by atoms with E-state index in [0.717, 1.165) is 29.0 Å². The fraction of sp³-hybridized carbons (Fsp3) is 0.438. The molecule has 1 aromatic carbocycles. The molecule has 0 saturated heterocycles. The number of benzene rings is 1. The second-order valence-corrected chi connectivity index (χ2v) is 7.28. The second-order valence-electron chi connectivity index (χ2n) is 5.28. The molecule has 1 aromatic heterocycles. The highest BCUT2D eigenvalue weighted by atomic mass is 79.9. The van der Waals surface area contributed by atoms with Gasteiger partial charge in [-0.2, -0.15) is 0 Å². The van der Waals surface area contributed by atoms with Crippen molar-refractivity contribution in [3.63, 3.8) is 0 Å². The highest BCUT2D eigenvalue weighted by Gasteiger charge is 2.11. The Morgan fingerprint density at radius 1 is 1.35 bits per heavy atom. The van der Waals surface area contributed by atoms with Crippen molar-refractivity contribution >= 4 is 27.3 Å². The first-order valence-electron chi connectivity index (χ1n) is 7.05. The standard InChI is InChI=1S/C16H21BrN2S/c1-4-14-15(10-18-9-11(2)3)20-16(19-14)12-6-5-7-13(17)8-12/h5-8,11,18H,4,9-10H2,1-3H3. The van der Waals surface area contributed by atoms with Crippen molar-refractivity contribution < 1.29 is 0 Å². The number of hydrogen-bond acceptors (Lipinski definition) is 3. The summed E-state index contributed by atoms with van der Waals surface area (Å²) in [6.45, 7) is 8.60. The summed E-state index contributed by atoms with van der Waals surface area (Å²) in [5, 5.41) is 4.63. The van der Waals surface area contributed by atoms with Crippen LogP contribution in [-0.2, 0) is 13.0 Å². The average molecular weight is 353 g/mol. The van der Waals surface area contributed by atoms with E-state index in [1.54, 1.807) is 11.3 Å². The van der Waals surface area contributed by atoms with Crippen LogP contribution >= 0.6 is 27.3 Å². The number of nitrogens with one attached hydrogen (secondary N) is 1. The van der Waals surface area contributed by atoms with Gasteiger partial charge in [-0.1, -0.05) is 48.8 Å². The zero-order chi connectivity index (χ0) is 14.5. The zero-order valence-electron chi connectivity index (χ0n) is 12.2. The van der Waals surface area contributed by atoms with Gasteiger partial charge in [0.15, 0.2) is 0 Å². The number of thiazole rings is 1. The molecule has 0 amide bonds. The van der Waals surface area contributed by atoms with Gasteiger partial charge in [-0.3, -0.25) is 0 Å². The van der Waals surface area contributed by atoms with Crippen LogP contribution in [-0.4, -0.2) is 11.5 Å². The Labute approximate surface area is 133 Å². The van der Waals surface area contributed by atoms with E-state index < -0.39 is 0 Å². The van der Waals surface area contributed by atoms with Crippen molar-refractivity contribution in [3.8, 4) is 10.6 Å². The van der Waals surface area contributed by atoms with E-state index >= 15 is 0 Å². The molecule has 0 aliphatic carbocycles. The third kappa shape index (κ3) is 4.14. The lowest BCUT2D eigenvalue weighted by Gasteiger charge is -2.06. The van der Waals surface area contributed by atoms with Crippen LogP contribution in [0.15, 0.2) is 28.7 Å². The van der Waals surface area contributed by atoms with Crippen molar-refractivity contribution in [2.75, 3.05) is 6.54 Å². The van der Waals surface area contributed by atoms with Crippen LogP contribution in [0.1, 0.15) is 31.3 Å². The molecule has 0 radical (unpaired) electrons. The molecule has 4 heteroatoms. The van der Waals surface area contributed by atoms with Gasteiger partial charge in [-0.25, -0.2) is 4.98 Å². The topological polar surface area (TPSA) is 24.9 Å². The maximum atomic E-state index is 4.80. The van der Waals surface area contributed by atoms with Crippen molar-refractivity contribution in [2.24, 2.45) is 5.92 Å². The summed E-state index contributed by atoms with van der Waals surface area (Å²) < 4.78 is 1.10. The molecule has 0 atom stereocenters. The van der Waals surface area contributed by atoms with Gasteiger partial charge in [0.1, 0.15) is 5.01 Å². The number of hydrogen-bond donors (Lipinski definition) is 1. The summed E-state index contributed by atoms with van der Waals surface area (Å²) in [7, 11) is 0. The quantitative estimate of drug-likeness (QED) is 0.801. The number of rotatable bonds is 6. The molecule has 0 bridgehead atoms. The number of aryl methyl sites for hydroxylation is 1. The highest BCUT2D eigenvalue weighted by molar-refractivity contribution is 9.10. The van der Waals surface area contributed by atoms with Crippen molar-refractivity contribution in [2.45, 2.75) is 33.7 Å². The number of aromatic nitrogens is 1. The predicted molar refractivity (Wildman–Crippen MR) is 91.2 cm³/mol. The molecular weight excluding hydrogens is 332 g/mol. The van der Waals surface area contributed by atoms with E-state index in [4.69, 9.17) is 4.98 Å². The lowest BCUT2D eigenvalue weighted by molar-refractivity contribution is 0.553. The SMILES string of the molecule is CCc1nc(-c2cccc(Br)c2)sc1CNCC(C)C. The molecule has 0 saturated carbocycles. The third-order valence-corrected chi connectivity index (χ3v) is 4.66. The molecule has 1 N–H and O–H groups in total. The summed E-state index contributed by atoms with van der Waals surface area (Å²) in [5.74, 6) is 0.678. The van der Waals surface area contributed by atoms with Gasteiger partial charge in [-0.05, 0) is 31.0 Å². The fourth-order valence-corrected chi connectivity index (χ4v) is 3.53. The maximum Gasteiger partial charge on any atom is 0.123 e. The Hall–Kier alpha value is -0.710. The molecule has 0 aliphatic rings. The van der Waals surface area contributed by atoms with E-state index in [9.17, 15) is 0 Å². The Bertz CT molecular complexity index is 563. The summed E-state index contributed by atoms with van der Waals surface area (Å²) in [5.41, 5.74) is 2.41. The molecule has 0 spiro atoms. The van der Waals surface area contributed by atoms with Crippen LogP contribution in [0.4, 0.5) is 0 Å². The summed E-state index contributed by atoms with van der Waals surface area (Å²) >= 11 is 5.33. The van der Waals surface area contributed by atoms with Gasteiger partial charge in [0.2, 0.25) is 0 Å². The largest absolute Gasteiger partial charge is 0.312 e. The third-order valence-electron chi connectivity index (χ3n) is 3.02. The van der Waals surface area contributed by atoms with Crippen LogP contribution in [0.3, 0.4) is 0 Å². The van der Waals surface area contributed by atoms with Crippen LogP contribution in [0.25, 0.3) is 10.6 Å². The van der Waals surface area contributed by atoms with E-state index in [1.165, 1.54) is 16.1 Å². The van der Waals surface area contributed by atoms with Crippen LogP contribution in [0.2, 0.25) is 0 Å². The predicted octanol–water partition coefficient (Wildman–Crippen LogP) is 4.88. The van der Waals surface area contributed by atoms with E-state index in [2.05, 4.69) is 60.2 Å². The lowest BCUT2D eigenvalue weighted by Crippen LogP contribution is -2.18. The van der Waals surface area contributed by atoms with Gasteiger partial charge >= 0.3 is 0 Å². The minimum Gasteiger partial charge on any atom is -0.312 e. The fourth-order valence-electron chi connectivity index (χ4n) is 2.02. The van der Waals surface area contributed by atoms with Gasteiger partial charge < -0.3 is 5.32 Å². The van der Waals surface area contributed by atoms with Crippen molar-refractivity contribution in [3.05, 3.63) is 39.3 Å². The van der Waals surface area contributed by atoms with Gasteiger partial charge in [0, 0.05) is 21.5 Å². The highest BCUT2D eigenvalue weighted by Crippen LogP contribution is 2.30. The Balaban J connectivity index is 2.18. The molecule has 2 rings (SSSR count). The van der Waals surface area contributed by atoms with Gasteiger partial charge in [0.05, 0.1) is 5.69 Å². The summed E-state index contributed by atoms with van der Waals surface area (Å²) in [6, 6.07) is 8.35. The zero-order valence-corrected chi connectivity index (χ0v) is 14.6. The molecular formula is C16H21BrN2S. The van der Waals surface area contributed by atoms with E-state index in [1.807, 2.05) is 6.07 Å². The number of nitrogens with zero attached hydrogens (tertiary/aromatic N) is 1. The summed E-state index contributed by atoms with van der Waals surface area (Å²) in [6.07, 6.45) is 0.989. The van der Waals surface area contributed by atoms with Crippen molar-refractivity contribution in [1.82, 2.24) is 10.3 Å². The molecule has 1 heterocycles. The van der Waals surface area contributed by atoms with Crippen LogP contribution in [0.5, 0.6) is 0 Å². The summed E-state index contributed by atoms with van der Waals surface area (Å²) in [4.78, 5) is 6.16. The van der Waals surface area contributed by atoms with E-state index in [-0.39, 0.29) is 0 Å². The Morgan fingerprint density at radius 3 is 2.80 bits per heavy atom. The normalized spacial score (nSPS) is 11.2. The van der Waals surface area contributed by atoms with Gasteiger partial charge in [-0.15, -0.1) is 11.3 Å². The first-order valence-corrected chi connectivity index (χ1v) is 8.66. The minimum absolute atomic E-state index is 0.678. The number of halogens is 1. The molecule has 0 fully saturated rings. The maximum absolute atomic E-state index is 4.80. The molecule has 0 unspecified atom stereocenters. The first-order chi connectivity index (χ1) is 9.60. The molecule has 0 aliphatic heterocycles. The first kappa shape index (κ1) is 15.7. The van der Waals surface area contributed by atoms with Gasteiger partial charge in [0.25, 0.3) is 0 Å². The van der Waals surface area contributed by atoms with Crippen LogP contribution in [0, 0.1) is 5.92 Å². The lowest BCUT2D eigenvalue weighted by atomic mass is 10.2. The molecule has 20 heavy (non-hydrogen) atoms. The van der Waals surface area contributed by atoms with Crippen LogP contribution < -0.4 is 5.32 Å². The Kier molecular flexibility index (Phi) is 5.75. The minimum atomic E-state index is 0.678. The average Bonchev–Trinajstić information content (AvgIpc) is 2.81. The Morgan fingerprint density at radius 2 is 2.15 bits per heavy atom. The van der Waals surface area contributed by atoms with E-state index in [0.29, 0.717) is 5.92 Å². The molecule has 2 aromatic rings. The van der Waals surface area contributed by atoms with Crippen molar-refractivity contribution in [1.29, 1.82) is 0 Å².